The lowest BCUT2D eigenvalue weighted by atomic mass is 9.91. The molecule has 3 rings (SSSR count). The summed E-state index contributed by atoms with van der Waals surface area (Å²) < 4.78 is 40.2. The van der Waals surface area contributed by atoms with Gasteiger partial charge in [0.1, 0.15) is 0 Å². The van der Waals surface area contributed by atoms with E-state index in [1.54, 1.807) is 38.2 Å². The van der Waals surface area contributed by atoms with E-state index >= 15 is 0 Å². The molecule has 1 aliphatic heterocycles. The molecule has 0 saturated heterocycles. The second kappa shape index (κ2) is 9.46. The Balaban J connectivity index is 2.19. The molecular weight excluding hydrogens is 410 g/mol. The Morgan fingerprint density at radius 2 is 1.87 bits per heavy atom. The third-order valence-corrected chi connectivity index (χ3v) is 4.73. The molecule has 164 valence electrons. The molecule has 0 saturated carbocycles. The largest absolute Gasteiger partial charge is 0.493 e. The fourth-order valence-electron chi connectivity index (χ4n) is 3.39. The summed E-state index contributed by atoms with van der Waals surface area (Å²) in [5, 5.41) is 2.77. The highest BCUT2D eigenvalue weighted by atomic mass is 19.3. The molecule has 9 heteroatoms. The van der Waals surface area contributed by atoms with Crippen molar-refractivity contribution < 1.29 is 32.6 Å². The van der Waals surface area contributed by atoms with Gasteiger partial charge >= 0.3 is 18.6 Å². The summed E-state index contributed by atoms with van der Waals surface area (Å²) in [6, 6.07) is 11.9. The number of hydrogen-bond donors (Lipinski definition) is 1. The maximum Gasteiger partial charge on any atom is 0.387 e. The van der Waals surface area contributed by atoms with Crippen molar-refractivity contribution in [2.24, 2.45) is 0 Å². The van der Waals surface area contributed by atoms with Crippen LogP contribution in [0.2, 0.25) is 0 Å². The van der Waals surface area contributed by atoms with Gasteiger partial charge in [0.15, 0.2) is 11.5 Å². The number of alkyl halides is 2. The lowest BCUT2D eigenvalue weighted by Gasteiger charge is -2.35. The molecule has 1 N–H and O–H groups in total. The van der Waals surface area contributed by atoms with Crippen LogP contribution < -0.4 is 14.8 Å². The number of methoxy groups -OCH3 is 1. The highest BCUT2D eigenvalue weighted by molar-refractivity contribution is 6.04. The van der Waals surface area contributed by atoms with E-state index in [4.69, 9.17) is 9.47 Å². The first-order chi connectivity index (χ1) is 14.9. The smallest absolute Gasteiger partial charge is 0.387 e. The number of nitrogens with zero attached hydrogens (tertiary/aromatic N) is 1. The van der Waals surface area contributed by atoms with Gasteiger partial charge < -0.3 is 19.5 Å². The standard InChI is InChI=1S/C22H22F2N2O5/c1-4-30-20(27)17-18(14-10-11-15(31-21(23)24)16(12-14)29-3)25-22(28)26(2)19(17)13-8-6-5-7-9-13/h5-12,18,21H,4H2,1-3H3,(H,25,28)/t18-/m0/s1. The molecule has 2 aromatic rings. The maximum absolute atomic E-state index is 13.0. The van der Waals surface area contributed by atoms with Gasteiger partial charge in [0.25, 0.3) is 0 Å². The zero-order valence-electron chi connectivity index (χ0n) is 17.2. The molecule has 31 heavy (non-hydrogen) atoms. The van der Waals surface area contributed by atoms with Crippen LogP contribution in [-0.2, 0) is 9.53 Å². The minimum atomic E-state index is -3.03. The summed E-state index contributed by atoms with van der Waals surface area (Å²) in [5.74, 6) is -0.731. The van der Waals surface area contributed by atoms with E-state index in [1.165, 1.54) is 30.2 Å². The number of carbonyl (C=O) groups is 2. The van der Waals surface area contributed by atoms with E-state index in [0.29, 0.717) is 16.8 Å². The molecule has 1 atom stereocenters. The summed E-state index contributed by atoms with van der Waals surface area (Å²) >= 11 is 0. The Hall–Kier alpha value is -3.62. The van der Waals surface area contributed by atoms with Crippen molar-refractivity contribution in [3.8, 4) is 11.5 Å². The van der Waals surface area contributed by atoms with Gasteiger partial charge in [-0.1, -0.05) is 36.4 Å². The molecule has 0 aromatic heterocycles. The molecule has 0 aliphatic carbocycles. The van der Waals surface area contributed by atoms with Gasteiger partial charge in [-0.05, 0) is 30.2 Å². The summed E-state index contributed by atoms with van der Waals surface area (Å²) in [7, 11) is 2.86. The number of nitrogens with one attached hydrogen (secondary N) is 1. The molecule has 2 aromatic carbocycles. The Morgan fingerprint density at radius 3 is 2.48 bits per heavy atom. The monoisotopic (exact) mass is 432 g/mol. The van der Waals surface area contributed by atoms with Crippen LogP contribution in [0.15, 0.2) is 54.1 Å². The van der Waals surface area contributed by atoms with Gasteiger partial charge in [-0.25, -0.2) is 9.59 Å². The molecule has 0 spiro atoms. The zero-order valence-corrected chi connectivity index (χ0v) is 17.2. The van der Waals surface area contributed by atoms with Gasteiger partial charge in [-0.15, -0.1) is 0 Å². The van der Waals surface area contributed by atoms with E-state index in [0.717, 1.165) is 0 Å². The van der Waals surface area contributed by atoms with Crippen LogP contribution >= 0.6 is 0 Å². The topological polar surface area (TPSA) is 77.1 Å². The number of hydrogen-bond acceptors (Lipinski definition) is 5. The third-order valence-electron chi connectivity index (χ3n) is 4.73. The number of rotatable bonds is 7. The maximum atomic E-state index is 13.0. The average Bonchev–Trinajstić information content (AvgIpc) is 2.75. The second-order valence-electron chi connectivity index (χ2n) is 6.58. The highest BCUT2D eigenvalue weighted by Crippen LogP contribution is 2.39. The average molecular weight is 432 g/mol. The normalized spacial score (nSPS) is 16.3. The fourth-order valence-corrected chi connectivity index (χ4v) is 3.39. The van der Waals surface area contributed by atoms with Crippen molar-refractivity contribution in [2.45, 2.75) is 19.6 Å². The van der Waals surface area contributed by atoms with E-state index in [2.05, 4.69) is 10.1 Å². The SMILES string of the molecule is CCOC(=O)C1=C(c2ccccc2)N(C)C(=O)N[C@H]1c1ccc(OC(F)F)c(OC)c1. The number of benzene rings is 2. The Kier molecular flexibility index (Phi) is 6.74. The molecule has 0 fully saturated rings. The number of urea groups is 1. The van der Waals surface area contributed by atoms with Gasteiger partial charge in [0.05, 0.1) is 31.0 Å². The van der Waals surface area contributed by atoms with E-state index in [1.807, 2.05) is 6.07 Å². The highest BCUT2D eigenvalue weighted by Gasteiger charge is 2.37. The van der Waals surface area contributed by atoms with E-state index in [-0.39, 0.29) is 23.7 Å². The molecule has 0 bridgehead atoms. The van der Waals surface area contributed by atoms with Crippen LogP contribution in [0.3, 0.4) is 0 Å². The van der Waals surface area contributed by atoms with Crippen LogP contribution in [0.1, 0.15) is 24.1 Å². The predicted octanol–water partition coefficient (Wildman–Crippen LogP) is 3.97. The minimum Gasteiger partial charge on any atom is -0.493 e. The first-order valence-electron chi connectivity index (χ1n) is 9.51. The van der Waals surface area contributed by atoms with Gasteiger partial charge in [-0.3, -0.25) is 4.90 Å². The molecule has 1 heterocycles. The fraction of sp³-hybridized carbons (Fsp3) is 0.273. The van der Waals surface area contributed by atoms with Crippen LogP contribution in [0.5, 0.6) is 11.5 Å². The van der Waals surface area contributed by atoms with E-state index in [9.17, 15) is 18.4 Å². The molecule has 0 unspecified atom stereocenters. The Bertz CT molecular complexity index is 995. The zero-order chi connectivity index (χ0) is 22.5. The van der Waals surface area contributed by atoms with Crippen molar-refractivity contribution in [3.63, 3.8) is 0 Å². The lowest BCUT2D eigenvalue weighted by Crippen LogP contribution is -2.46. The van der Waals surface area contributed by atoms with Crippen LogP contribution in [0, 0.1) is 0 Å². The number of ether oxygens (including phenoxy) is 3. The lowest BCUT2D eigenvalue weighted by molar-refractivity contribution is -0.138. The Labute approximate surface area is 178 Å². The Morgan fingerprint density at radius 1 is 1.16 bits per heavy atom. The summed E-state index contributed by atoms with van der Waals surface area (Å²) in [6.45, 7) is -1.21. The third kappa shape index (κ3) is 4.60. The first kappa shape index (κ1) is 22.1. The van der Waals surface area contributed by atoms with Gasteiger partial charge in [-0.2, -0.15) is 8.78 Å². The number of halogens is 2. The molecule has 1 aliphatic rings. The molecule has 0 radical (unpaired) electrons. The minimum absolute atomic E-state index is 0.0375. The predicted molar refractivity (Wildman–Crippen MR) is 109 cm³/mol. The molecule has 2 amide bonds. The van der Waals surface area contributed by atoms with Crippen molar-refractivity contribution in [2.75, 3.05) is 20.8 Å². The number of amides is 2. The van der Waals surface area contributed by atoms with Crippen molar-refractivity contribution in [1.82, 2.24) is 10.2 Å². The van der Waals surface area contributed by atoms with Gasteiger partial charge in [0, 0.05) is 7.05 Å². The number of esters is 1. The van der Waals surface area contributed by atoms with Crippen molar-refractivity contribution in [3.05, 3.63) is 65.2 Å². The quantitative estimate of drug-likeness (QED) is 0.670. The van der Waals surface area contributed by atoms with Crippen molar-refractivity contribution in [1.29, 1.82) is 0 Å². The summed E-state index contributed by atoms with van der Waals surface area (Å²) in [6.07, 6.45) is 0. The van der Waals surface area contributed by atoms with Gasteiger partial charge in [0.2, 0.25) is 0 Å². The number of carbonyl (C=O) groups excluding carboxylic acids is 2. The van der Waals surface area contributed by atoms with Crippen molar-refractivity contribution >= 4 is 17.7 Å². The molecular formula is C22H22F2N2O5. The van der Waals surface area contributed by atoms with Crippen LogP contribution in [-0.4, -0.2) is 44.3 Å². The summed E-state index contributed by atoms with van der Waals surface area (Å²) in [5.41, 5.74) is 1.69. The van der Waals surface area contributed by atoms with E-state index < -0.39 is 24.7 Å². The molecule has 7 nitrogen and oxygen atoms in total. The first-order valence-corrected chi connectivity index (χ1v) is 9.51. The van der Waals surface area contributed by atoms with Crippen LogP contribution in [0.25, 0.3) is 5.70 Å². The summed E-state index contributed by atoms with van der Waals surface area (Å²) in [4.78, 5) is 27.0. The van der Waals surface area contributed by atoms with Crippen LogP contribution in [0.4, 0.5) is 13.6 Å². The second-order valence-corrected chi connectivity index (χ2v) is 6.58.